The summed E-state index contributed by atoms with van der Waals surface area (Å²) in [5.41, 5.74) is 2.12. The Bertz CT molecular complexity index is 939. The van der Waals surface area contributed by atoms with Gasteiger partial charge in [-0.1, -0.05) is 66.7 Å². The summed E-state index contributed by atoms with van der Waals surface area (Å²) >= 11 is 1.43. The molecule has 1 amide bonds. The molecule has 3 aromatic rings. The number of carbonyl (C=O) groups excluding carboxylic acids is 1. The number of nitrogens with one attached hydrogen (secondary N) is 1. The Morgan fingerprint density at radius 1 is 0.933 bits per heavy atom. The van der Waals surface area contributed by atoms with Gasteiger partial charge in [0.1, 0.15) is 0 Å². The van der Waals surface area contributed by atoms with Gasteiger partial charge in [0.15, 0.2) is 11.0 Å². The molecule has 156 valence electrons. The maximum absolute atomic E-state index is 12.4. The number of rotatable bonds is 8. The molecule has 1 aliphatic heterocycles. The van der Waals surface area contributed by atoms with E-state index < -0.39 is 0 Å². The number of aromatic nitrogens is 3. The molecule has 0 aliphatic carbocycles. The lowest BCUT2D eigenvalue weighted by atomic mass is 10.1. The quantitative estimate of drug-likeness (QED) is 0.563. The predicted octanol–water partition coefficient (Wildman–Crippen LogP) is 3.66. The topological polar surface area (TPSA) is 63.1 Å². The minimum absolute atomic E-state index is 0.0101. The van der Waals surface area contributed by atoms with E-state index in [4.69, 9.17) is 0 Å². The second-order valence-corrected chi connectivity index (χ2v) is 8.40. The van der Waals surface area contributed by atoms with Gasteiger partial charge in [0, 0.05) is 12.2 Å². The van der Waals surface area contributed by atoms with Crippen LogP contribution in [0.15, 0.2) is 65.8 Å². The largest absolute Gasteiger partial charge is 0.351 e. The summed E-state index contributed by atoms with van der Waals surface area (Å²) in [6.07, 6.45) is 3.78. The van der Waals surface area contributed by atoms with Crippen LogP contribution in [0, 0.1) is 0 Å². The molecule has 6 nitrogen and oxygen atoms in total. The summed E-state index contributed by atoms with van der Waals surface area (Å²) in [6, 6.07) is 20.1. The second-order valence-electron chi connectivity index (χ2n) is 7.46. The molecular formula is C23H27N5OS. The average Bonchev–Trinajstić information content (AvgIpc) is 3.20. The summed E-state index contributed by atoms with van der Waals surface area (Å²) in [6.45, 7) is 3.52. The van der Waals surface area contributed by atoms with Crippen molar-refractivity contribution in [1.82, 2.24) is 25.0 Å². The number of hydrogen-bond donors (Lipinski definition) is 1. The van der Waals surface area contributed by atoms with Gasteiger partial charge in [0.05, 0.1) is 12.3 Å². The van der Waals surface area contributed by atoms with E-state index in [9.17, 15) is 4.79 Å². The number of thioether (sulfide) groups is 1. The van der Waals surface area contributed by atoms with E-state index in [0.717, 1.165) is 41.9 Å². The van der Waals surface area contributed by atoms with Crippen molar-refractivity contribution in [1.29, 1.82) is 0 Å². The van der Waals surface area contributed by atoms with Crippen LogP contribution >= 0.6 is 11.8 Å². The van der Waals surface area contributed by atoms with Crippen molar-refractivity contribution < 1.29 is 4.79 Å². The van der Waals surface area contributed by atoms with Crippen molar-refractivity contribution in [3.63, 3.8) is 0 Å². The average molecular weight is 422 g/mol. The molecule has 1 aliphatic rings. The van der Waals surface area contributed by atoms with Gasteiger partial charge in [-0.2, -0.15) is 0 Å². The Morgan fingerprint density at radius 3 is 2.37 bits per heavy atom. The first kappa shape index (κ1) is 20.6. The van der Waals surface area contributed by atoms with Gasteiger partial charge in [-0.25, -0.2) is 0 Å². The van der Waals surface area contributed by atoms with Crippen molar-refractivity contribution in [2.24, 2.45) is 0 Å². The van der Waals surface area contributed by atoms with Gasteiger partial charge in [0.2, 0.25) is 5.91 Å². The standard InChI is InChI=1S/C23H27N5OS/c29-22(24-16-19-10-4-1-5-11-19)18-30-23-26-25-21(17-27-14-8-3-9-15-27)28(23)20-12-6-2-7-13-20/h1-2,4-7,10-13H,3,8-9,14-18H2,(H,24,29). The van der Waals surface area contributed by atoms with E-state index >= 15 is 0 Å². The lowest BCUT2D eigenvalue weighted by Crippen LogP contribution is -2.30. The fourth-order valence-electron chi connectivity index (χ4n) is 3.63. The zero-order chi connectivity index (χ0) is 20.6. The van der Waals surface area contributed by atoms with Crippen LogP contribution in [-0.2, 0) is 17.9 Å². The van der Waals surface area contributed by atoms with Crippen LogP contribution < -0.4 is 5.32 Å². The van der Waals surface area contributed by atoms with Gasteiger partial charge in [-0.05, 0) is 43.6 Å². The Morgan fingerprint density at radius 2 is 1.63 bits per heavy atom. The van der Waals surface area contributed by atoms with E-state index in [2.05, 4.69) is 37.1 Å². The zero-order valence-corrected chi connectivity index (χ0v) is 17.9. The van der Waals surface area contributed by atoms with Crippen LogP contribution in [0.25, 0.3) is 5.69 Å². The molecule has 1 saturated heterocycles. The molecule has 30 heavy (non-hydrogen) atoms. The summed E-state index contributed by atoms with van der Waals surface area (Å²) in [5.74, 6) is 1.22. The number of carbonyl (C=O) groups is 1. The number of likely N-dealkylation sites (tertiary alicyclic amines) is 1. The molecule has 0 radical (unpaired) electrons. The molecule has 0 spiro atoms. The second kappa shape index (κ2) is 10.4. The number of benzene rings is 2. The third kappa shape index (κ3) is 5.49. The van der Waals surface area contributed by atoms with Crippen molar-refractivity contribution in [2.45, 2.75) is 37.5 Å². The van der Waals surface area contributed by atoms with E-state index in [1.165, 1.54) is 31.0 Å². The van der Waals surface area contributed by atoms with Crippen molar-refractivity contribution in [3.8, 4) is 5.69 Å². The van der Waals surface area contributed by atoms with Crippen molar-refractivity contribution >= 4 is 17.7 Å². The minimum atomic E-state index is -0.0101. The third-order valence-electron chi connectivity index (χ3n) is 5.19. The Labute approximate surface area is 181 Å². The highest BCUT2D eigenvalue weighted by Crippen LogP contribution is 2.23. The summed E-state index contributed by atoms with van der Waals surface area (Å²) in [7, 11) is 0. The van der Waals surface area contributed by atoms with Gasteiger partial charge in [-0.3, -0.25) is 14.3 Å². The van der Waals surface area contributed by atoms with E-state index in [1.54, 1.807) is 0 Å². The molecular weight excluding hydrogens is 394 g/mol. The number of amides is 1. The maximum Gasteiger partial charge on any atom is 0.230 e. The lowest BCUT2D eigenvalue weighted by Gasteiger charge is -2.26. The molecule has 0 atom stereocenters. The highest BCUT2D eigenvalue weighted by molar-refractivity contribution is 7.99. The summed E-state index contributed by atoms with van der Waals surface area (Å²) < 4.78 is 2.09. The predicted molar refractivity (Wildman–Crippen MR) is 119 cm³/mol. The Hall–Kier alpha value is -2.64. The first-order valence-electron chi connectivity index (χ1n) is 10.4. The Kier molecular flexibility index (Phi) is 7.16. The molecule has 2 aromatic carbocycles. The van der Waals surface area contributed by atoms with Gasteiger partial charge in [-0.15, -0.1) is 10.2 Å². The first-order valence-corrected chi connectivity index (χ1v) is 11.4. The maximum atomic E-state index is 12.4. The summed E-state index contributed by atoms with van der Waals surface area (Å²) in [4.78, 5) is 14.8. The molecule has 2 heterocycles. The van der Waals surface area contributed by atoms with Gasteiger partial charge < -0.3 is 5.32 Å². The molecule has 1 aromatic heterocycles. The van der Waals surface area contributed by atoms with E-state index in [1.807, 2.05) is 48.5 Å². The molecule has 0 unspecified atom stereocenters. The normalized spacial score (nSPS) is 14.5. The summed E-state index contributed by atoms with van der Waals surface area (Å²) in [5, 5.41) is 12.6. The number of hydrogen-bond acceptors (Lipinski definition) is 5. The van der Waals surface area contributed by atoms with Crippen LogP contribution in [0.5, 0.6) is 0 Å². The molecule has 0 bridgehead atoms. The van der Waals surface area contributed by atoms with E-state index in [0.29, 0.717) is 12.3 Å². The lowest BCUT2D eigenvalue weighted by molar-refractivity contribution is -0.118. The fourth-order valence-corrected chi connectivity index (χ4v) is 4.43. The highest BCUT2D eigenvalue weighted by Gasteiger charge is 2.19. The fraction of sp³-hybridized carbons (Fsp3) is 0.348. The highest BCUT2D eigenvalue weighted by atomic mass is 32.2. The minimum Gasteiger partial charge on any atom is -0.351 e. The SMILES string of the molecule is O=C(CSc1nnc(CN2CCCCC2)n1-c1ccccc1)NCc1ccccc1. The number of nitrogens with zero attached hydrogens (tertiary/aromatic N) is 4. The third-order valence-corrected chi connectivity index (χ3v) is 6.12. The van der Waals surface area contributed by atoms with Crippen molar-refractivity contribution in [2.75, 3.05) is 18.8 Å². The molecule has 1 N–H and O–H groups in total. The van der Waals surface area contributed by atoms with Gasteiger partial charge in [0.25, 0.3) is 0 Å². The molecule has 7 heteroatoms. The monoisotopic (exact) mass is 421 g/mol. The zero-order valence-electron chi connectivity index (χ0n) is 17.0. The van der Waals surface area contributed by atoms with E-state index in [-0.39, 0.29) is 5.91 Å². The number of para-hydroxylation sites is 1. The van der Waals surface area contributed by atoms with Crippen LogP contribution in [0.2, 0.25) is 0 Å². The molecule has 0 saturated carbocycles. The molecule has 4 rings (SSSR count). The van der Waals surface area contributed by atoms with Crippen LogP contribution in [-0.4, -0.2) is 44.4 Å². The molecule has 1 fully saturated rings. The first-order chi connectivity index (χ1) is 14.8. The van der Waals surface area contributed by atoms with Crippen LogP contribution in [0.4, 0.5) is 0 Å². The van der Waals surface area contributed by atoms with Crippen LogP contribution in [0.3, 0.4) is 0 Å². The van der Waals surface area contributed by atoms with Gasteiger partial charge >= 0.3 is 0 Å². The van der Waals surface area contributed by atoms with Crippen molar-refractivity contribution in [3.05, 3.63) is 72.1 Å². The van der Waals surface area contributed by atoms with Crippen LogP contribution in [0.1, 0.15) is 30.7 Å². The Balaban J connectivity index is 1.43. The number of piperidine rings is 1. The smallest absolute Gasteiger partial charge is 0.230 e.